The van der Waals surface area contributed by atoms with Gasteiger partial charge in [-0.1, -0.05) is 121 Å². The minimum Gasteiger partial charge on any atom is -0.456 e. The average Bonchev–Trinajstić information content (AvgIpc) is 4.11. The van der Waals surface area contributed by atoms with Crippen LogP contribution >= 0.6 is 0 Å². The molecular formula is C60H36N2O2. The van der Waals surface area contributed by atoms with Gasteiger partial charge in [-0.05, 0) is 130 Å². The van der Waals surface area contributed by atoms with Crippen LogP contribution in [0, 0.1) is 0 Å². The Bertz CT molecular complexity index is 3870. The molecule has 0 aliphatic carbocycles. The molecule has 4 heteroatoms. The molecule has 14 aromatic rings. The van der Waals surface area contributed by atoms with Crippen LogP contribution in [0.5, 0.6) is 0 Å². The van der Waals surface area contributed by atoms with E-state index in [0.717, 1.165) is 83.2 Å². The molecule has 0 N–H and O–H groups in total. The van der Waals surface area contributed by atoms with Crippen LogP contribution in [0.4, 0.5) is 17.1 Å². The fraction of sp³-hybridized carbons (Fsp3) is 0. The molecule has 0 radical (unpaired) electrons. The summed E-state index contributed by atoms with van der Waals surface area (Å²) in [6, 6.07) is 78.6. The molecule has 0 spiro atoms. The molecule has 4 heterocycles. The van der Waals surface area contributed by atoms with Gasteiger partial charge in [-0.25, -0.2) is 0 Å². The molecule has 298 valence electrons. The van der Waals surface area contributed by atoms with Gasteiger partial charge in [-0.3, -0.25) is 0 Å². The molecule has 4 nitrogen and oxygen atoms in total. The standard InChI is InChI=1S/C60H36N2O2/c1-5-13-54-46(9-1)52-33-42(34-53-47-10-2-6-14-55(47)62(54)60(52)53)39-21-29-45(30-22-39)61(43-25-17-37(18-26-43)40-23-31-50-48-11-3-7-15-56(48)63-58(50)35-40)44-27-19-38(20-28-44)41-24-32-51-49-12-4-8-16-57(49)64-59(51)36-41/h1-36H. The molecule has 0 bridgehead atoms. The van der Waals surface area contributed by atoms with E-state index < -0.39 is 0 Å². The van der Waals surface area contributed by atoms with Crippen LogP contribution in [0.25, 0.3) is 115 Å². The lowest BCUT2D eigenvalue weighted by molar-refractivity contribution is 0.668. The third-order valence-corrected chi connectivity index (χ3v) is 13.3. The van der Waals surface area contributed by atoms with Gasteiger partial charge in [0.1, 0.15) is 22.3 Å². The zero-order valence-corrected chi connectivity index (χ0v) is 34.5. The summed E-state index contributed by atoms with van der Waals surface area (Å²) in [5, 5.41) is 9.66. The fourth-order valence-electron chi connectivity index (χ4n) is 10.3. The first-order chi connectivity index (χ1) is 31.7. The van der Waals surface area contributed by atoms with Gasteiger partial charge in [-0.2, -0.15) is 0 Å². The predicted octanol–water partition coefficient (Wildman–Crippen LogP) is 17.1. The van der Waals surface area contributed by atoms with Gasteiger partial charge in [0.25, 0.3) is 0 Å². The Kier molecular flexibility index (Phi) is 7.36. The molecule has 4 aromatic heterocycles. The number of fused-ring (bicyclic) bond motifs is 12. The van der Waals surface area contributed by atoms with Crippen molar-refractivity contribution >= 4 is 99.0 Å². The molecule has 0 saturated carbocycles. The van der Waals surface area contributed by atoms with Crippen molar-refractivity contribution in [2.75, 3.05) is 4.90 Å². The minimum atomic E-state index is 0.895. The van der Waals surface area contributed by atoms with Crippen LogP contribution in [0.1, 0.15) is 0 Å². The molecule has 0 atom stereocenters. The molecule has 10 aromatic carbocycles. The van der Waals surface area contributed by atoms with Crippen molar-refractivity contribution in [3.8, 4) is 33.4 Å². The van der Waals surface area contributed by atoms with Crippen molar-refractivity contribution in [1.29, 1.82) is 0 Å². The summed E-state index contributed by atoms with van der Waals surface area (Å²) in [6.07, 6.45) is 0. The number of benzene rings is 10. The van der Waals surface area contributed by atoms with Gasteiger partial charge in [0.15, 0.2) is 0 Å². The number of hydrogen-bond donors (Lipinski definition) is 0. The van der Waals surface area contributed by atoms with Crippen LogP contribution in [0.3, 0.4) is 0 Å². The number of nitrogens with zero attached hydrogens (tertiary/aromatic N) is 2. The summed E-state index contributed by atoms with van der Waals surface area (Å²) in [6.45, 7) is 0. The fourth-order valence-corrected chi connectivity index (χ4v) is 10.3. The third kappa shape index (κ3) is 5.23. The Morgan fingerprint density at radius 3 is 1.08 bits per heavy atom. The number of hydrogen-bond acceptors (Lipinski definition) is 3. The number of aromatic nitrogens is 1. The molecule has 0 amide bonds. The molecule has 14 rings (SSSR count). The van der Waals surface area contributed by atoms with Crippen LogP contribution in [-0.2, 0) is 0 Å². The van der Waals surface area contributed by atoms with Gasteiger partial charge in [0, 0.05) is 60.2 Å². The zero-order valence-electron chi connectivity index (χ0n) is 34.5. The lowest BCUT2D eigenvalue weighted by Crippen LogP contribution is -2.09. The van der Waals surface area contributed by atoms with Crippen molar-refractivity contribution in [2.45, 2.75) is 0 Å². The smallest absolute Gasteiger partial charge is 0.136 e. The Balaban J connectivity index is 0.862. The van der Waals surface area contributed by atoms with E-state index in [1.165, 1.54) is 49.2 Å². The normalized spacial score (nSPS) is 12.1. The van der Waals surface area contributed by atoms with Crippen molar-refractivity contribution in [1.82, 2.24) is 4.40 Å². The average molecular weight is 817 g/mol. The van der Waals surface area contributed by atoms with Crippen LogP contribution in [-0.4, -0.2) is 4.40 Å². The summed E-state index contributed by atoms with van der Waals surface area (Å²) in [7, 11) is 0. The largest absolute Gasteiger partial charge is 0.456 e. The van der Waals surface area contributed by atoms with E-state index >= 15 is 0 Å². The van der Waals surface area contributed by atoms with Crippen LogP contribution < -0.4 is 4.90 Å². The highest BCUT2D eigenvalue weighted by Crippen LogP contribution is 2.43. The van der Waals surface area contributed by atoms with Gasteiger partial charge in [0.2, 0.25) is 0 Å². The predicted molar refractivity (Wildman–Crippen MR) is 267 cm³/mol. The van der Waals surface area contributed by atoms with Gasteiger partial charge in [0.05, 0.1) is 16.6 Å². The molecule has 64 heavy (non-hydrogen) atoms. The first-order valence-electron chi connectivity index (χ1n) is 21.8. The van der Waals surface area contributed by atoms with E-state index in [2.05, 4.69) is 203 Å². The summed E-state index contributed by atoms with van der Waals surface area (Å²) in [4.78, 5) is 2.34. The Labute approximate surface area is 367 Å². The maximum Gasteiger partial charge on any atom is 0.136 e. The summed E-state index contributed by atoms with van der Waals surface area (Å²) in [5.41, 5.74) is 17.5. The van der Waals surface area contributed by atoms with Crippen LogP contribution in [0.2, 0.25) is 0 Å². The van der Waals surface area contributed by atoms with Crippen molar-refractivity contribution in [3.63, 3.8) is 0 Å². The van der Waals surface area contributed by atoms with Gasteiger partial charge >= 0.3 is 0 Å². The lowest BCUT2D eigenvalue weighted by atomic mass is 9.98. The van der Waals surface area contributed by atoms with Crippen molar-refractivity contribution < 1.29 is 8.83 Å². The summed E-state index contributed by atoms with van der Waals surface area (Å²) < 4.78 is 15.0. The SMILES string of the molecule is c1ccc2c(c1)oc1cc(-c3ccc(N(c4ccc(-c5ccc6c(c5)oc5ccccc56)cc4)c4ccc(-c5cc6c7ccccc7n7c8ccccc8c(c5)c67)cc4)cc3)ccc12. The summed E-state index contributed by atoms with van der Waals surface area (Å²) in [5.74, 6) is 0. The number of anilines is 3. The second-order valence-electron chi connectivity index (χ2n) is 16.9. The molecule has 0 aliphatic heterocycles. The maximum atomic E-state index is 6.26. The molecule has 0 saturated heterocycles. The minimum absolute atomic E-state index is 0.895. The Hall–Kier alpha value is -8.60. The highest BCUT2D eigenvalue weighted by molar-refractivity contribution is 6.24. The zero-order chi connectivity index (χ0) is 41.9. The Morgan fingerprint density at radius 2 is 0.625 bits per heavy atom. The second-order valence-corrected chi connectivity index (χ2v) is 16.9. The van der Waals surface area contributed by atoms with Crippen molar-refractivity contribution in [2.24, 2.45) is 0 Å². The Morgan fingerprint density at radius 1 is 0.266 bits per heavy atom. The van der Waals surface area contributed by atoms with E-state index in [4.69, 9.17) is 8.83 Å². The highest BCUT2D eigenvalue weighted by atomic mass is 16.3. The van der Waals surface area contributed by atoms with E-state index in [0.29, 0.717) is 0 Å². The van der Waals surface area contributed by atoms with Gasteiger partial charge in [-0.15, -0.1) is 0 Å². The maximum absolute atomic E-state index is 6.26. The molecular weight excluding hydrogens is 781 g/mol. The van der Waals surface area contributed by atoms with E-state index in [9.17, 15) is 0 Å². The quantitative estimate of drug-likeness (QED) is 0.168. The van der Waals surface area contributed by atoms with Crippen LogP contribution in [0.15, 0.2) is 227 Å². The second kappa shape index (κ2) is 13.4. The number of rotatable bonds is 6. The summed E-state index contributed by atoms with van der Waals surface area (Å²) >= 11 is 0. The topological polar surface area (TPSA) is 33.9 Å². The monoisotopic (exact) mass is 816 g/mol. The van der Waals surface area contributed by atoms with E-state index in [1.54, 1.807) is 0 Å². The highest BCUT2D eigenvalue weighted by Gasteiger charge is 2.20. The third-order valence-electron chi connectivity index (χ3n) is 13.3. The molecule has 0 fully saturated rings. The first-order valence-corrected chi connectivity index (χ1v) is 21.8. The molecule has 0 aliphatic rings. The van der Waals surface area contributed by atoms with Crippen molar-refractivity contribution in [3.05, 3.63) is 218 Å². The van der Waals surface area contributed by atoms with E-state index in [1.807, 2.05) is 24.3 Å². The molecule has 0 unspecified atom stereocenters. The number of para-hydroxylation sites is 4. The van der Waals surface area contributed by atoms with E-state index in [-0.39, 0.29) is 0 Å². The van der Waals surface area contributed by atoms with Gasteiger partial charge < -0.3 is 18.1 Å². The lowest BCUT2D eigenvalue weighted by Gasteiger charge is -2.26. The first kappa shape index (κ1) is 35.0. The number of furan rings is 2.